The Labute approximate surface area is 349 Å². The summed E-state index contributed by atoms with van der Waals surface area (Å²) in [5.41, 5.74) is -0.0983. The van der Waals surface area contributed by atoms with Crippen molar-refractivity contribution in [3.8, 4) is 80.5 Å². The quantitative estimate of drug-likeness (QED) is 0.108. The van der Waals surface area contributed by atoms with Gasteiger partial charge in [-0.1, -0.05) is 18.2 Å². The summed E-state index contributed by atoms with van der Waals surface area (Å²) in [6, 6.07) is 17.1. The van der Waals surface area contributed by atoms with E-state index in [1.807, 2.05) is 0 Å². The van der Waals surface area contributed by atoms with Crippen LogP contribution in [0.15, 0.2) is 84.9 Å². The van der Waals surface area contributed by atoms with Gasteiger partial charge < -0.3 is 85.3 Å². The molecule has 4 aliphatic rings. The summed E-state index contributed by atoms with van der Waals surface area (Å²) >= 11 is 0. The molecular weight excluding hydrogens is 812 g/mol. The van der Waals surface area contributed by atoms with Gasteiger partial charge >= 0.3 is 5.79 Å². The SMILES string of the molecule is Oc1ccc([C@H]2Oc3c(c(O)cc(O)c3[C@H]3c4c(O)cc5c(c4O[C@H](c4ccc(O)c(O)c4)[C@@H]3O)[C@H]3c4c(O)cc(O)cc4O[C@@](c4ccc(O)c(O)c4)(O5)[C@@H]3O)C[C@H]2O)cc1. The maximum Gasteiger partial charge on any atom is 0.305 e. The molecule has 10 rings (SSSR count). The van der Waals surface area contributed by atoms with E-state index in [2.05, 4.69) is 0 Å². The smallest absolute Gasteiger partial charge is 0.305 e. The van der Waals surface area contributed by atoms with Crippen LogP contribution < -0.4 is 18.9 Å². The van der Waals surface area contributed by atoms with Crippen molar-refractivity contribution < 1.29 is 85.3 Å². The zero-order valence-corrected chi connectivity index (χ0v) is 31.8. The van der Waals surface area contributed by atoms with Crippen LogP contribution in [0.25, 0.3) is 0 Å². The summed E-state index contributed by atoms with van der Waals surface area (Å²) in [6.45, 7) is 0. The first-order chi connectivity index (χ1) is 29.6. The summed E-state index contributed by atoms with van der Waals surface area (Å²) < 4.78 is 25.7. The number of aliphatic hydroxyl groups is 3. The number of rotatable bonds is 4. The van der Waals surface area contributed by atoms with E-state index in [0.717, 1.165) is 48.5 Å². The van der Waals surface area contributed by atoms with Gasteiger partial charge in [0.25, 0.3) is 0 Å². The topological polar surface area (TPSA) is 300 Å². The van der Waals surface area contributed by atoms with E-state index in [0.29, 0.717) is 5.56 Å². The highest BCUT2D eigenvalue weighted by Crippen LogP contribution is 2.65. The number of fused-ring (bicyclic) bond motifs is 9. The molecule has 8 atom stereocenters. The molecule has 6 aromatic carbocycles. The van der Waals surface area contributed by atoms with E-state index in [-0.39, 0.29) is 74.1 Å². The number of aromatic hydroxyl groups is 10. The summed E-state index contributed by atoms with van der Waals surface area (Å²) in [6.07, 6.45) is -7.83. The van der Waals surface area contributed by atoms with Crippen LogP contribution >= 0.6 is 0 Å². The number of hydrogen-bond donors (Lipinski definition) is 13. The van der Waals surface area contributed by atoms with Crippen molar-refractivity contribution in [2.24, 2.45) is 0 Å². The Hall–Kier alpha value is -7.60. The van der Waals surface area contributed by atoms with Crippen LogP contribution in [0.3, 0.4) is 0 Å². The van der Waals surface area contributed by atoms with Gasteiger partial charge in [0.05, 0.1) is 17.9 Å². The van der Waals surface area contributed by atoms with Crippen LogP contribution in [-0.2, 0) is 12.2 Å². The van der Waals surface area contributed by atoms with E-state index in [1.54, 1.807) is 0 Å². The second-order valence-electron chi connectivity index (χ2n) is 15.7. The minimum Gasteiger partial charge on any atom is -0.508 e. The number of aliphatic hydroxyl groups excluding tert-OH is 3. The van der Waals surface area contributed by atoms with Gasteiger partial charge in [0.15, 0.2) is 29.1 Å². The normalized spacial score (nSPS) is 25.4. The van der Waals surface area contributed by atoms with Crippen molar-refractivity contribution in [1.29, 1.82) is 0 Å². The summed E-state index contributed by atoms with van der Waals surface area (Å²) in [7, 11) is 0. The van der Waals surface area contributed by atoms with Gasteiger partial charge in [-0.05, 0) is 53.6 Å². The number of phenols is 10. The molecule has 4 heterocycles. The molecule has 17 nitrogen and oxygen atoms in total. The third-order valence-electron chi connectivity index (χ3n) is 12.1. The molecule has 4 aliphatic heterocycles. The van der Waals surface area contributed by atoms with Crippen molar-refractivity contribution in [1.82, 2.24) is 0 Å². The van der Waals surface area contributed by atoms with Crippen LogP contribution in [0.2, 0.25) is 0 Å². The second-order valence-corrected chi connectivity index (χ2v) is 15.7. The molecule has 0 saturated carbocycles. The summed E-state index contributed by atoms with van der Waals surface area (Å²) in [4.78, 5) is 0. The van der Waals surface area contributed by atoms with E-state index in [4.69, 9.17) is 18.9 Å². The monoisotopic (exact) mass is 848 g/mol. The average Bonchev–Trinajstić information content (AvgIpc) is 3.21. The maximum atomic E-state index is 12.5. The molecule has 0 saturated heterocycles. The molecule has 2 bridgehead atoms. The van der Waals surface area contributed by atoms with Crippen molar-refractivity contribution >= 4 is 0 Å². The van der Waals surface area contributed by atoms with Gasteiger partial charge in [0.2, 0.25) is 0 Å². The molecule has 6 aromatic rings. The molecule has 318 valence electrons. The van der Waals surface area contributed by atoms with Gasteiger partial charge in [-0.15, -0.1) is 0 Å². The largest absolute Gasteiger partial charge is 0.508 e. The molecular formula is C45H36O17. The molecule has 0 aromatic heterocycles. The fourth-order valence-electron chi connectivity index (χ4n) is 9.27. The van der Waals surface area contributed by atoms with E-state index < -0.39 is 99.9 Å². The number of phenolic OH excluding ortho intramolecular Hbond substituents is 10. The standard InChI is InChI=1S/C45H36O17/c46-19-5-1-16(2-6-19)40-30(56)13-21-24(50)14-28(54)34(42(21)59-40)37-35-29(55)15-32-36(43(35)60-41(39(37)57)17-3-7-22(48)25(51)9-17)38-33-27(53)11-20(47)12-31(33)61-45(62-32,44(38)58)18-4-8-23(49)26(52)10-18/h1-12,14-15,30,37-41,44,46-58H,13H2/t30-,37+,38-,39-,40-,41-,44-,45+/m1/s1. The van der Waals surface area contributed by atoms with Gasteiger partial charge in [-0.3, -0.25) is 0 Å². The molecule has 0 unspecified atom stereocenters. The molecule has 0 amide bonds. The lowest BCUT2D eigenvalue weighted by atomic mass is 9.71. The van der Waals surface area contributed by atoms with Crippen molar-refractivity contribution in [3.63, 3.8) is 0 Å². The number of benzene rings is 6. The highest BCUT2D eigenvalue weighted by Gasteiger charge is 2.61. The molecule has 0 aliphatic carbocycles. The maximum absolute atomic E-state index is 12.5. The zero-order chi connectivity index (χ0) is 43.7. The lowest BCUT2D eigenvalue weighted by Gasteiger charge is -2.51. The first kappa shape index (κ1) is 38.6. The van der Waals surface area contributed by atoms with E-state index in [9.17, 15) is 66.4 Å². The summed E-state index contributed by atoms with van der Waals surface area (Å²) in [5.74, 6) is -11.2. The van der Waals surface area contributed by atoms with Crippen LogP contribution in [-0.4, -0.2) is 84.7 Å². The van der Waals surface area contributed by atoms with Crippen LogP contribution in [0.4, 0.5) is 0 Å². The first-order valence-electron chi connectivity index (χ1n) is 19.2. The lowest BCUT2D eigenvalue weighted by Crippen LogP contribution is -2.57. The minimum absolute atomic E-state index is 0.0284. The molecule has 0 spiro atoms. The Morgan fingerprint density at radius 2 is 1.05 bits per heavy atom. The van der Waals surface area contributed by atoms with Gasteiger partial charge in [0.1, 0.15) is 75.8 Å². The third-order valence-corrected chi connectivity index (χ3v) is 12.1. The first-order valence-corrected chi connectivity index (χ1v) is 19.2. The minimum atomic E-state index is -2.29. The fourth-order valence-corrected chi connectivity index (χ4v) is 9.27. The van der Waals surface area contributed by atoms with Gasteiger partial charge in [0, 0.05) is 64.1 Å². The lowest BCUT2D eigenvalue weighted by molar-refractivity contribution is -0.219. The zero-order valence-electron chi connectivity index (χ0n) is 31.8. The number of ether oxygens (including phenoxy) is 4. The van der Waals surface area contributed by atoms with Gasteiger partial charge in [-0.2, -0.15) is 0 Å². The van der Waals surface area contributed by atoms with Crippen molar-refractivity contribution in [2.75, 3.05) is 0 Å². The van der Waals surface area contributed by atoms with Crippen molar-refractivity contribution in [3.05, 3.63) is 129 Å². The molecule has 13 N–H and O–H groups in total. The Bertz CT molecular complexity index is 2840. The second kappa shape index (κ2) is 13.5. The Morgan fingerprint density at radius 3 is 1.74 bits per heavy atom. The van der Waals surface area contributed by atoms with Gasteiger partial charge in [-0.25, -0.2) is 0 Å². The predicted molar refractivity (Wildman–Crippen MR) is 210 cm³/mol. The Kier molecular flexibility index (Phi) is 8.37. The fraction of sp³-hybridized carbons (Fsp3) is 0.200. The van der Waals surface area contributed by atoms with Crippen molar-refractivity contribution in [2.45, 2.75) is 54.6 Å². The molecule has 62 heavy (non-hydrogen) atoms. The Morgan fingerprint density at radius 1 is 0.452 bits per heavy atom. The highest BCUT2D eigenvalue weighted by molar-refractivity contribution is 5.72. The van der Waals surface area contributed by atoms with Crippen LogP contribution in [0.5, 0.6) is 80.5 Å². The third kappa shape index (κ3) is 5.52. The highest BCUT2D eigenvalue weighted by atomic mass is 16.7. The number of hydrogen-bond acceptors (Lipinski definition) is 17. The van der Waals surface area contributed by atoms with Crippen LogP contribution in [0, 0.1) is 0 Å². The summed E-state index contributed by atoms with van der Waals surface area (Å²) in [5, 5.41) is 145. The Balaban J connectivity index is 1.25. The molecule has 17 heteroatoms. The molecule has 0 radical (unpaired) electrons. The predicted octanol–water partition coefficient (Wildman–Crippen LogP) is 4.54. The average molecular weight is 849 g/mol. The van der Waals surface area contributed by atoms with E-state index >= 15 is 0 Å². The van der Waals surface area contributed by atoms with E-state index in [1.165, 1.54) is 36.4 Å². The van der Waals surface area contributed by atoms with Crippen LogP contribution in [0.1, 0.15) is 68.6 Å². The molecule has 0 fully saturated rings.